The van der Waals surface area contributed by atoms with E-state index in [1.165, 1.54) is 0 Å². The molecular weight excluding hydrogens is 330 g/mol. The van der Waals surface area contributed by atoms with Gasteiger partial charge in [0.15, 0.2) is 0 Å². The number of benzene rings is 1. The summed E-state index contributed by atoms with van der Waals surface area (Å²) in [5, 5.41) is 11.5. The van der Waals surface area contributed by atoms with Crippen LogP contribution in [0.4, 0.5) is 0 Å². The van der Waals surface area contributed by atoms with Crippen LogP contribution in [0.15, 0.2) is 18.2 Å². The van der Waals surface area contributed by atoms with Crippen molar-refractivity contribution in [3.63, 3.8) is 0 Å². The van der Waals surface area contributed by atoms with Crippen LogP contribution in [0, 0.1) is 0 Å². The number of hydrogen-bond donors (Lipinski definition) is 2. The van der Waals surface area contributed by atoms with Crippen LogP contribution in [0.5, 0.6) is 0 Å². The molecule has 1 aliphatic rings. The van der Waals surface area contributed by atoms with Crippen molar-refractivity contribution in [1.29, 1.82) is 0 Å². The Morgan fingerprint density at radius 2 is 2.29 bits per heavy atom. The summed E-state index contributed by atoms with van der Waals surface area (Å²) in [5.41, 5.74) is 1.76. The van der Waals surface area contributed by atoms with E-state index < -0.39 is 6.04 Å². The van der Waals surface area contributed by atoms with Crippen molar-refractivity contribution in [3.05, 3.63) is 28.9 Å². The number of aryl methyl sites for hydroxylation is 1. The predicted molar refractivity (Wildman–Crippen MR) is 91.6 cm³/mol. The summed E-state index contributed by atoms with van der Waals surface area (Å²) in [5.74, 6) is -0.290. The number of carbonyl (C=O) groups excluding carboxylic acids is 2. The number of aromatic nitrogens is 2. The molecule has 2 heterocycles. The van der Waals surface area contributed by atoms with Gasteiger partial charge in [-0.05, 0) is 12.1 Å². The molecule has 1 aliphatic heterocycles. The Labute approximate surface area is 144 Å². The number of rotatable bonds is 4. The Morgan fingerprint density at radius 3 is 3.04 bits per heavy atom. The maximum absolute atomic E-state index is 12.2. The van der Waals surface area contributed by atoms with Crippen molar-refractivity contribution in [2.45, 2.75) is 19.0 Å². The number of fused-ring (bicyclic) bond motifs is 1. The van der Waals surface area contributed by atoms with E-state index in [2.05, 4.69) is 15.7 Å². The summed E-state index contributed by atoms with van der Waals surface area (Å²) in [6, 6.07) is 5.18. The maximum Gasteiger partial charge on any atom is 0.237 e. The zero-order valence-electron chi connectivity index (χ0n) is 13.7. The number of amides is 2. The number of nitrogens with zero attached hydrogens (tertiary/aromatic N) is 3. The minimum Gasteiger partial charge on any atom is -0.359 e. The molecule has 0 aliphatic carbocycles. The molecular formula is C16H20ClN5O2. The third kappa shape index (κ3) is 3.09. The molecule has 0 bridgehead atoms. The number of piperazine rings is 1. The summed E-state index contributed by atoms with van der Waals surface area (Å²) >= 11 is 6.35. The summed E-state index contributed by atoms with van der Waals surface area (Å²) in [6.45, 7) is 1.69. The number of carbonyl (C=O) groups is 2. The van der Waals surface area contributed by atoms with Gasteiger partial charge in [0.25, 0.3) is 0 Å². The van der Waals surface area contributed by atoms with Gasteiger partial charge >= 0.3 is 0 Å². The minimum absolute atomic E-state index is 0.126. The van der Waals surface area contributed by atoms with E-state index >= 15 is 0 Å². The van der Waals surface area contributed by atoms with Crippen molar-refractivity contribution in [3.8, 4) is 0 Å². The Morgan fingerprint density at radius 1 is 1.50 bits per heavy atom. The summed E-state index contributed by atoms with van der Waals surface area (Å²) in [6.07, 6.45) is 0.126. The zero-order chi connectivity index (χ0) is 17.3. The molecule has 128 valence electrons. The maximum atomic E-state index is 12.2. The van der Waals surface area contributed by atoms with Gasteiger partial charge in [-0.25, -0.2) is 0 Å². The molecule has 2 aromatic rings. The van der Waals surface area contributed by atoms with Crippen molar-refractivity contribution >= 4 is 34.3 Å². The molecule has 1 saturated heterocycles. The second kappa shape index (κ2) is 6.78. The van der Waals surface area contributed by atoms with Crippen molar-refractivity contribution in [2.24, 2.45) is 7.05 Å². The molecule has 0 spiro atoms. The molecule has 1 unspecified atom stereocenters. The number of hydrogen-bond acceptors (Lipinski definition) is 4. The molecule has 3 rings (SSSR count). The van der Waals surface area contributed by atoms with E-state index in [4.69, 9.17) is 11.6 Å². The lowest BCUT2D eigenvalue weighted by atomic mass is 10.1. The van der Waals surface area contributed by atoms with Gasteiger partial charge in [0, 0.05) is 39.1 Å². The van der Waals surface area contributed by atoms with Crippen LogP contribution < -0.4 is 10.6 Å². The van der Waals surface area contributed by atoms with Crippen molar-refractivity contribution in [1.82, 2.24) is 25.3 Å². The second-order valence-electron chi connectivity index (χ2n) is 5.86. The largest absolute Gasteiger partial charge is 0.359 e. The van der Waals surface area contributed by atoms with Crippen LogP contribution in [0.1, 0.15) is 12.1 Å². The summed E-state index contributed by atoms with van der Waals surface area (Å²) < 4.78 is 1.79. The first-order chi connectivity index (χ1) is 11.5. The first-order valence-electron chi connectivity index (χ1n) is 7.83. The smallest absolute Gasteiger partial charge is 0.237 e. The second-order valence-corrected chi connectivity index (χ2v) is 6.27. The van der Waals surface area contributed by atoms with Crippen LogP contribution in [-0.2, 0) is 23.2 Å². The SMILES string of the molecule is CNC(=O)CC1C(=O)NCCN1Cc1nn(C)c2cccc(Cl)c12. The monoisotopic (exact) mass is 349 g/mol. The van der Waals surface area contributed by atoms with Gasteiger partial charge in [0.2, 0.25) is 11.8 Å². The molecule has 7 nitrogen and oxygen atoms in total. The molecule has 1 aromatic heterocycles. The lowest BCUT2D eigenvalue weighted by molar-refractivity contribution is -0.134. The molecule has 8 heteroatoms. The Hall–Kier alpha value is -2.12. The highest BCUT2D eigenvalue weighted by Crippen LogP contribution is 2.28. The molecule has 1 fully saturated rings. The fraction of sp³-hybridized carbons (Fsp3) is 0.438. The van der Waals surface area contributed by atoms with E-state index in [0.29, 0.717) is 24.7 Å². The van der Waals surface area contributed by atoms with Crippen LogP contribution in [0.3, 0.4) is 0 Å². The van der Waals surface area contributed by atoms with Gasteiger partial charge < -0.3 is 10.6 Å². The Balaban J connectivity index is 1.91. The average Bonchev–Trinajstić information content (AvgIpc) is 2.88. The van der Waals surface area contributed by atoms with Gasteiger partial charge in [-0.3, -0.25) is 19.2 Å². The van der Waals surface area contributed by atoms with Gasteiger partial charge in [-0.1, -0.05) is 17.7 Å². The molecule has 2 N–H and O–H groups in total. The van der Waals surface area contributed by atoms with Gasteiger partial charge in [-0.15, -0.1) is 0 Å². The fourth-order valence-corrected chi connectivity index (χ4v) is 3.39. The topological polar surface area (TPSA) is 79.3 Å². The van der Waals surface area contributed by atoms with Crippen LogP contribution in [0.2, 0.25) is 5.02 Å². The average molecular weight is 350 g/mol. The zero-order valence-corrected chi connectivity index (χ0v) is 14.4. The number of nitrogens with one attached hydrogen (secondary N) is 2. The fourth-order valence-electron chi connectivity index (χ4n) is 3.11. The van der Waals surface area contributed by atoms with Gasteiger partial charge in [0.05, 0.1) is 28.7 Å². The molecule has 24 heavy (non-hydrogen) atoms. The van der Waals surface area contributed by atoms with Gasteiger partial charge in [-0.2, -0.15) is 5.10 Å². The Bertz CT molecular complexity index is 788. The lowest BCUT2D eigenvalue weighted by Crippen LogP contribution is -2.56. The standard InChI is InChI=1S/C16H20ClN5O2/c1-18-14(23)8-13-16(24)19-6-7-22(13)9-11-15-10(17)4-3-5-12(15)21(2)20-11/h3-5,13H,6-9H2,1-2H3,(H,18,23)(H,19,24). The highest BCUT2D eigenvalue weighted by atomic mass is 35.5. The first-order valence-corrected chi connectivity index (χ1v) is 8.21. The van der Waals surface area contributed by atoms with E-state index in [-0.39, 0.29) is 18.2 Å². The summed E-state index contributed by atoms with van der Waals surface area (Å²) in [4.78, 5) is 25.9. The highest BCUT2D eigenvalue weighted by molar-refractivity contribution is 6.35. The Kier molecular flexibility index (Phi) is 4.73. The molecule has 0 saturated carbocycles. The van der Waals surface area contributed by atoms with Crippen molar-refractivity contribution < 1.29 is 9.59 Å². The number of halogens is 1. The third-order valence-electron chi connectivity index (χ3n) is 4.35. The van der Waals surface area contributed by atoms with Crippen LogP contribution in [-0.4, -0.2) is 52.7 Å². The van der Waals surface area contributed by atoms with E-state index in [1.807, 2.05) is 30.1 Å². The molecule has 1 atom stereocenters. The minimum atomic E-state index is -0.502. The quantitative estimate of drug-likeness (QED) is 0.850. The predicted octanol–water partition coefficient (Wildman–Crippen LogP) is 0.663. The van der Waals surface area contributed by atoms with Crippen LogP contribution >= 0.6 is 11.6 Å². The molecule has 2 amide bonds. The third-order valence-corrected chi connectivity index (χ3v) is 4.67. The molecule has 1 aromatic carbocycles. The van der Waals surface area contributed by atoms with Gasteiger partial charge in [0.1, 0.15) is 0 Å². The van der Waals surface area contributed by atoms with Crippen LogP contribution in [0.25, 0.3) is 10.9 Å². The molecule has 0 radical (unpaired) electrons. The first kappa shape index (κ1) is 16.7. The van der Waals surface area contributed by atoms with E-state index in [9.17, 15) is 9.59 Å². The lowest BCUT2D eigenvalue weighted by Gasteiger charge is -2.34. The van der Waals surface area contributed by atoms with Crippen molar-refractivity contribution in [2.75, 3.05) is 20.1 Å². The summed E-state index contributed by atoms with van der Waals surface area (Å²) in [7, 11) is 3.44. The normalized spacial score (nSPS) is 18.6. The van der Waals surface area contributed by atoms with E-state index in [0.717, 1.165) is 16.6 Å². The highest BCUT2D eigenvalue weighted by Gasteiger charge is 2.32. The van der Waals surface area contributed by atoms with E-state index in [1.54, 1.807) is 11.7 Å².